The molecule has 2 aliphatic rings. The van der Waals surface area contributed by atoms with E-state index in [-0.39, 0.29) is 0 Å². The van der Waals surface area contributed by atoms with E-state index in [2.05, 4.69) is 158 Å². The molecule has 11 rings (SSSR count). The van der Waals surface area contributed by atoms with Gasteiger partial charge < -0.3 is 0 Å². The minimum Gasteiger partial charge on any atom is -0.228 e. The average Bonchev–Trinajstić information content (AvgIpc) is 3.60. The largest absolute Gasteiger partial charge is 0.228 e. The highest BCUT2D eigenvalue weighted by atomic mass is 32.2. The molecule has 1 spiro atoms. The van der Waals surface area contributed by atoms with Crippen LogP contribution in [-0.2, 0) is 5.41 Å². The van der Waals surface area contributed by atoms with Gasteiger partial charge in [0.15, 0.2) is 5.82 Å². The molecule has 4 heteroatoms. The first-order valence-corrected chi connectivity index (χ1v) is 20.3. The lowest BCUT2D eigenvalue weighted by Gasteiger charge is -2.40. The van der Waals surface area contributed by atoms with Crippen LogP contribution < -0.4 is 0 Å². The summed E-state index contributed by atoms with van der Waals surface area (Å²) in [5, 5.41) is 9.32. The molecule has 1 aliphatic heterocycles. The molecular weight excluding hydrogens is 723 g/mol. The second-order valence-electron chi connectivity index (χ2n) is 14.8. The normalized spacial score (nSPS) is 14.5. The lowest BCUT2D eigenvalue weighted by molar-refractivity contribution is 0.723. The molecule has 270 valence electrons. The predicted molar refractivity (Wildman–Crippen MR) is 235 cm³/mol. The number of fused-ring (bicyclic) bond motifs is 9. The Morgan fingerprint density at radius 2 is 0.966 bits per heavy atom. The van der Waals surface area contributed by atoms with E-state index in [0.29, 0.717) is 11.4 Å². The van der Waals surface area contributed by atoms with Gasteiger partial charge in [0.1, 0.15) is 0 Å². The average molecular weight is 756 g/mol. The molecule has 0 bridgehead atoms. The summed E-state index contributed by atoms with van der Waals surface area (Å²) in [7, 11) is 0. The maximum Gasteiger partial charge on any atom is 0.160 e. The van der Waals surface area contributed by atoms with Crippen molar-refractivity contribution in [3.63, 3.8) is 0 Å². The van der Waals surface area contributed by atoms with Crippen LogP contribution in [0.5, 0.6) is 0 Å². The van der Waals surface area contributed by atoms with Gasteiger partial charge in [0.05, 0.1) is 28.4 Å². The van der Waals surface area contributed by atoms with Crippen molar-refractivity contribution in [1.82, 2.24) is 9.97 Å². The van der Waals surface area contributed by atoms with E-state index >= 15 is 0 Å². The maximum atomic E-state index is 9.32. The number of aromatic nitrogens is 2. The fraction of sp³-hybridized carbons (Fsp3) is 0.0185. The Morgan fingerprint density at radius 1 is 0.414 bits per heavy atom. The fourth-order valence-corrected chi connectivity index (χ4v) is 10.4. The number of benzene rings is 8. The lowest BCUT2D eigenvalue weighted by Crippen LogP contribution is -2.32. The minimum absolute atomic E-state index is 0.560. The molecule has 0 amide bonds. The highest BCUT2D eigenvalue weighted by Crippen LogP contribution is 2.64. The van der Waals surface area contributed by atoms with Crippen LogP contribution in [0, 0.1) is 11.3 Å². The van der Waals surface area contributed by atoms with E-state index < -0.39 is 5.41 Å². The van der Waals surface area contributed by atoms with Crippen molar-refractivity contribution in [3.05, 3.63) is 228 Å². The number of rotatable bonds is 5. The van der Waals surface area contributed by atoms with Gasteiger partial charge in [-0.15, -0.1) is 0 Å². The van der Waals surface area contributed by atoms with Gasteiger partial charge >= 0.3 is 0 Å². The van der Waals surface area contributed by atoms with E-state index in [9.17, 15) is 5.26 Å². The number of nitrogens with zero attached hydrogens (tertiary/aromatic N) is 3. The van der Waals surface area contributed by atoms with Gasteiger partial charge in [-0.1, -0.05) is 188 Å². The van der Waals surface area contributed by atoms with Crippen LogP contribution >= 0.6 is 11.8 Å². The highest BCUT2D eigenvalue weighted by Gasteiger charge is 2.51. The smallest absolute Gasteiger partial charge is 0.160 e. The number of hydrogen-bond acceptors (Lipinski definition) is 4. The quantitative estimate of drug-likeness (QED) is 0.175. The van der Waals surface area contributed by atoms with Gasteiger partial charge in [-0.25, -0.2) is 9.97 Å². The molecule has 0 radical (unpaired) electrons. The van der Waals surface area contributed by atoms with Crippen LogP contribution in [0.25, 0.3) is 67.3 Å². The molecule has 0 saturated heterocycles. The SMILES string of the molecule is N#Cc1ccc(-c2ccc(-c3cccc4c3-c3ccccc3C43c4ccccc4Sc4c(-c5cc(-c6ccccc6)nc(-c6ccccc6)n5)cccc43)cc2)cc1. The van der Waals surface area contributed by atoms with E-state index in [1.165, 1.54) is 48.7 Å². The molecule has 3 nitrogen and oxygen atoms in total. The van der Waals surface area contributed by atoms with Gasteiger partial charge in [-0.3, -0.25) is 0 Å². The summed E-state index contributed by atoms with van der Waals surface area (Å²) in [6, 6.07) is 73.3. The monoisotopic (exact) mass is 755 g/mol. The molecule has 1 unspecified atom stereocenters. The summed E-state index contributed by atoms with van der Waals surface area (Å²) in [5.41, 5.74) is 17.2. The summed E-state index contributed by atoms with van der Waals surface area (Å²) in [4.78, 5) is 12.9. The summed E-state index contributed by atoms with van der Waals surface area (Å²) >= 11 is 1.84. The molecule has 1 atom stereocenters. The Balaban J connectivity index is 1.14. The van der Waals surface area contributed by atoms with Crippen molar-refractivity contribution in [3.8, 4) is 73.4 Å². The topological polar surface area (TPSA) is 49.6 Å². The number of hydrogen-bond donors (Lipinski definition) is 0. The van der Waals surface area contributed by atoms with Crippen molar-refractivity contribution < 1.29 is 0 Å². The van der Waals surface area contributed by atoms with Crippen LogP contribution in [0.1, 0.15) is 27.8 Å². The molecule has 0 fully saturated rings. The summed E-state index contributed by atoms with van der Waals surface area (Å²) in [6.07, 6.45) is 0. The van der Waals surface area contributed by atoms with Crippen molar-refractivity contribution in [2.45, 2.75) is 15.2 Å². The van der Waals surface area contributed by atoms with E-state index in [0.717, 1.165) is 44.8 Å². The van der Waals surface area contributed by atoms with Crippen molar-refractivity contribution in [1.29, 1.82) is 5.26 Å². The third kappa shape index (κ3) is 5.29. The first kappa shape index (κ1) is 34.0. The predicted octanol–water partition coefficient (Wildman–Crippen LogP) is 13.5. The maximum absolute atomic E-state index is 9.32. The van der Waals surface area contributed by atoms with Gasteiger partial charge in [-0.2, -0.15) is 5.26 Å². The van der Waals surface area contributed by atoms with E-state index in [1.54, 1.807) is 0 Å². The first-order valence-electron chi connectivity index (χ1n) is 19.5. The Hall–Kier alpha value is -7.32. The zero-order valence-corrected chi connectivity index (χ0v) is 32.1. The first-order chi connectivity index (χ1) is 28.7. The van der Waals surface area contributed by atoms with Gasteiger partial charge in [0.2, 0.25) is 0 Å². The van der Waals surface area contributed by atoms with Gasteiger partial charge in [0.25, 0.3) is 0 Å². The van der Waals surface area contributed by atoms with E-state index in [4.69, 9.17) is 9.97 Å². The second kappa shape index (κ2) is 13.7. The zero-order valence-electron chi connectivity index (χ0n) is 31.3. The third-order valence-corrected chi connectivity index (χ3v) is 12.9. The van der Waals surface area contributed by atoms with Crippen molar-refractivity contribution in [2.24, 2.45) is 0 Å². The Bertz CT molecular complexity index is 3020. The highest BCUT2D eigenvalue weighted by molar-refractivity contribution is 7.99. The minimum atomic E-state index is -0.560. The number of nitriles is 1. The molecule has 0 N–H and O–H groups in total. The standard InChI is InChI=1S/C54H33N3S/c55-34-35-25-27-36(28-26-35)37-29-31-38(32-30-37)41-18-11-22-46-51(41)42-17-7-8-20-44(42)54(46)45-21-9-10-24-50(45)58-52-43(19-12-23-47(52)54)49-33-48(39-13-3-1-4-14-39)56-53(57-49)40-15-5-2-6-16-40/h1-33H. The molecule has 2 heterocycles. The Kier molecular flexibility index (Phi) is 8.03. The summed E-state index contributed by atoms with van der Waals surface area (Å²) in [6.45, 7) is 0. The summed E-state index contributed by atoms with van der Waals surface area (Å²) < 4.78 is 0. The Morgan fingerprint density at radius 3 is 1.71 bits per heavy atom. The molecule has 8 aromatic carbocycles. The fourth-order valence-electron chi connectivity index (χ4n) is 9.05. The Labute approximate surface area is 342 Å². The van der Waals surface area contributed by atoms with E-state index in [1.807, 2.05) is 60.3 Å². The lowest BCUT2D eigenvalue weighted by atomic mass is 9.67. The van der Waals surface area contributed by atoms with Crippen molar-refractivity contribution >= 4 is 11.8 Å². The van der Waals surface area contributed by atoms with Crippen LogP contribution in [0.3, 0.4) is 0 Å². The van der Waals surface area contributed by atoms with Crippen LogP contribution in [0.15, 0.2) is 210 Å². The van der Waals surface area contributed by atoms with Crippen LogP contribution in [-0.4, -0.2) is 9.97 Å². The second-order valence-corrected chi connectivity index (χ2v) is 15.8. The van der Waals surface area contributed by atoms with Crippen LogP contribution in [0.4, 0.5) is 0 Å². The molecular formula is C54H33N3S. The molecule has 9 aromatic rings. The summed E-state index contributed by atoms with van der Waals surface area (Å²) in [5.74, 6) is 0.705. The van der Waals surface area contributed by atoms with Crippen molar-refractivity contribution in [2.75, 3.05) is 0 Å². The molecule has 0 saturated carbocycles. The third-order valence-electron chi connectivity index (χ3n) is 11.6. The zero-order chi connectivity index (χ0) is 38.6. The molecule has 58 heavy (non-hydrogen) atoms. The van der Waals surface area contributed by atoms with Crippen LogP contribution in [0.2, 0.25) is 0 Å². The molecule has 1 aromatic heterocycles. The molecule has 1 aliphatic carbocycles. The van der Waals surface area contributed by atoms with Gasteiger partial charge in [-0.05, 0) is 79.9 Å². The van der Waals surface area contributed by atoms with Gasteiger partial charge in [0, 0.05) is 26.5 Å².